The van der Waals surface area contributed by atoms with Crippen LogP contribution in [0.5, 0.6) is 5.75 Å². The molecule has 0 saturated heterocycles. The summed E-state index contributed by atoms with van der Waals surface area (Å²) in [5, 5.41) is 9.25. The highest BCUT2D eigenvalue weighted by atomic mass is 19.1. The fraction of sp³-hybridized carbons (Fsp3) is 0.167. The van der Waals surface area contributed by atoms with E-state index in [2.05, 4.69) is 6.07 Å². The Morgan fingerprint density at radius 1 is 1.47 bits per heavy atom. The number of hydrogen-bond donors (Lipinski definition) is 1. The Labute approximate surface area is 87.6 Å². The van der Waals surface area contributed by atoms with E-state index >= 15 is 0 Å². The van der Waals surface area contributed by atoms with Crippen molar-refractivity contribution < 1.29 is 9.50 Å². The second kappa shape index (κ2) is 3.77. The van der Waals surface area contributed by atoms with E-state index in [0.717, 1.165) is 12.1 Å². The van der Waals surface area contributed by atoms with E-state index in [4.69, 9.17) is 0 Å². The molecule has 0 saturated carbocycles. The van der Waals surface area contributed by atoms with Crippen molar-refractivity contribution in [2.75, 3.05) is 0 Å². The van der Waals surface area contributed by atoms with Crippen molar-refractivity contribution in [2.45, 2.75) is 13.3 Å². The molecule has 2 rings (SSSR count). The van der Waals surface area contributed by atoms with Crippen LogP contribution in [0.1, 0.15) is 12.6 Å². The van der Waals surface area contributed by atoms with Crippen molar-refractivity contribution in [2.24, 2.45) is 0 Å². The van der Waals surface area contributed by atoms with Gasteiger partial charge in [0.05, 0.1) is 5.69 Å². The van der Waals surface area contributed by atoms with Crippen LogP contribution in [0.4, 0.5) is 4.39 Å². The molecule has 1 aromatic heterocycles. The number of aryl methyl sites for hydroxylation is 1. The second-order valence-corrected chi connectivity index (χ2v) is 3.25. The highest BCUT2D eigenvalue weighted by Crippen LogP contribution is 2.23. The van der Waals surface area contributed by atoms with Gasteiger partial charge < -0.3 is 9.67 Å². The predicted molar refractivity (Wildman–Crippen MR) is 55.6 cm³/mol. The summed E-state index contributed by atoms with van der Waals surface area (Å²) in [6, 6.07) is 9.33. The third kappa shape index (κ3) is 1.61. The van der Waals surface area contributed by atoms with E-state index < -0.39 is 5.82 Å². The number of rotatable bonds is 2. The summed E-state index contributed by atoms with van der Waals surface area (Å²) in [7, 11) is 0. The molecule has 15 heavy (non-hydrogen) atoms. The van der Waals surface area contributed by atoms with Gasteiger partial charge in [0.25, 0.3) is 0 Å². The van der Waals surface area contributed by atoms with Crippen molar-refractivity contribution in [3.05, 3.63) is 48.0 Å². The van der Waals surface area contributed by atoms with E-state index in [1.54, 1.807) is 10.8 Å². The van der Waals surface area contributed by atoms with Gasteiger partial charge >= 0.3 is 0 Å². The summed E-state index contributed by atoms with van der Waals surface area (Å²) in [6.45, 7) is 1.99. The molecule has 77 valence electrons. The first kappa shape index (κ1) is 9.77. The molecular weight excluding hydrogens is 193 g/mol. The molecule has 0 aliphatic carbocycles. The van der Waals surface area contributed by atoms with Crippen LogP contribution in [0, 0.1) is 11.9 Å². The third-order valence-corrected chi connectivity index (χ3v) is 2.33. The monoisotopic (exact) mass is 204 g/mol. The number of halogens is 1. The molecule has 0 amide bonds. The Morgan fingerprint density at radius 3 is 3.00 bits per heavy atom. The highest BCUT2D eigenvalue weighted by molar-refractivity contribution is 5.41. The maximum atomic E-state index is 13.6. The smallest absolute Gasteiger partial charge is 0.189 e. The molecule has 1 N–H and O–H groups in total. The van der Waals surface area contributed by atoms with Gasteiger partial charge in [-0.1, -0.05) is 6.92 Å². The van der Waals surface area contributed by atoms with Crippen LogP contribution in [0.2, 0.25) is 0 Å². The Balaban J connectivity index is 2.59. The normalized spacial score (nSPS) is 10.5. The molecule has 1 radical (unpaired) electrons. The number of phenolic OH excluding ortho intramolecular Hbond substituents is 1. The first-order chi connectivity index (χ1) is 7.24. The number of nitrogens with zero attached hydrogens (tertiary/aromatic N) is 1. The standard InChI is InChI=1S/C12H11FNO/c1-2-9-5-4-8-14(9)10-6-3-7-11(15)12(10)13/h3-5,7-8,15H,2H2,1H3. The van der Waals surface area contributed by atoms with E-state index in [-0.39, 0.29) is 11.4 Å². The van der Waals surface area contributed by atoms with Crippen molar-refractivity contribution >= 4 is 0 Å². The number of phenols is 1. The third-order valence-electron chi connectivity index (χ3n) is 2.33. The van der Waals surface area contributed by atoms with Gasteiger partial charge in [0.15, 0.2) is 11.6 Å². The molecule has 0 atom stereocenters. The largest absolute Gasteiger partial charge is 0.505 e. The Hall–Kier alpha value is -1.77. The molecule has 0 spiro atoms. The number of aromatic hydroxyl groups is 1. The molecule has 1 aromatic carbocycles. The van der Waals surface area contributed by atoms with E-state index in [0.29, 0.717) is 0 Å². The maximum Gasteiger partial charge on any atom is 0.189 e. The van der Waals surface area contributed by atoms with Crippen molar-refractivity contribution in [3.63, 3.8) is 0 Å². The fourth-order valence-electron chi connectivity index (χ4n) is 1.56. The molecule has 2 nitrogen and oxygen atoms in total. The van der Waals surface area contributed by atoms with Gasteiger partial charge in [-0.25, -0.2) is 4.39 Å². The summed E-state index contributed by atoms with van der Waals surface area (Å²) in [5.74, 6) is -0.983. The first-order valence-electron chi connectivity index (χ1n) is 4.79. The molecular formula is C12H11FNO. The van der Waals surface area contributed by atoms with Gasteiger partial charge in [-0.05, 0) is 30.7 Å². The topological polar surface area (TPSA) is 25.2 Å². The lowest BCUT2D eigenvalue weighted by Gasteiger charge is -2.08. The summed E-state index contributed by atoms with van der Waals surface area (Å²) in [4.78, 5) is 0. The number of hydrogen-bond acceptors (Lipinski definition) is 1. The molecule has 1 heterocycles. The lowest BCUT2D eigenvalue weighted by atomic mass is 10.2. The van der Waals surface area contributed by atoms with Crippen LogP contribution >= 0.6 is 0 Å². The van der Waals surface area contributed by atoms with Crippen LogP contribution in [-0.4, -0.2) is 9.67 Å². The minimum absolute atomic E-state index is 0.261. The molecule has 0 unspecified atom stereocenters. The molecule has 0 aliphatic rings. The van der Waals surface area contributed by atoms with Crippen molar-refractivity contribution in [1.29, 1.82) is 0 Å². The summed E-state index contributed by atoms with van der Waals surface area (Å²) >= 11 is 0. The summed E-state index contributed by atoms with van der Waals surface area (Å²) in [5.41, 5.74) is 1.24. The average molecular weight is 204 g/mol. The molecule has 0 aliphatic heterocycles. The molecule has 2 aromatic rings. The second-order valence-electron chi connectivity index (χ2n) is 3.25. The molecule has 3 heteroatoms. The van der Waals surface area contributed by atoms with Gasteiger partial charge in [-0.3, -0.25) is 0 Å². The SMILES string of the molecule is CCc1cccn1-c1[c]ccc(O)c1F. The van der Waals surface area contributed by atoms with Crippen LogP contribution in [0.15, 0.2) is 30.5 Å². The maximum absolute atomic E-state index is 13.6. The van der Waals surface area contributed by atoms with Gasteiger partial charge in [0.1, 0.15) is 0 Å². The van der Waals surface area contributed by atoms with Gasteiger partial charge in [-0.2, -0.15) is 0 Å². The van der Waals surface area contributed by atoms with E-state index in [1.165, 1.54) is 12.1 Å². The summed E-state index contributed by atoms with van der Waals surface area (Å²) in [6.07, 6.45) is 2.56. The fourth-order valence-corrected chi connectivity index (χ4v) is 1.56. The van der Waals surface area contributed by atoms with E-state index in [9.17, 15) is 9.50 Å². The minimum atomic E-state index is -0.636. The van der Waals surface area contributed by atoms with Crippen LogP contribution in [0.3, 0.4) is 0 Å². The molecule has 0 bridgehead atoms. The van der Waals surface area contributed by atoms with Crippen molar-refractivity contribution in [3.8, 4) is 11.4 Å². The zero-order valence-corrected chi connectivity index (χ0v) is 8.37. The van der Waals surface area contributed by atoms with Crippen molar-refractivity contribution in [1.82, 2.24) is 4.57 Å². The van der Waals surface area contributed by atoms with Crippen LogP contribution < -0.4 is 0 Å². The number of aromatic nitrogens is 1. The summed E-state index contributed by atoms with van der Waals surface area (Å²) < 4.78 is 15.3. The zero-order chi connectivity index (χ0) is 10.8. The lowest BCUT2D eigenvalue weighted by Crippen LogP contribution is -2.00. The Kier molecular flexibility index (Phi) is 2.46. The highest BCUT2D eigenvalue weighted by Gasteiger charge is 2.10. The lowest BCUT2D eigenvalue weighted by molar-refractivity contribution is 0.430. The van der Waals surface area contributed by atoms with Crippen LogP contribution in [0.25, 0.3) is 5.69 Å². The predicted octanol–water partition coefficient (Wildman–Crippen LogP) is 2.68. The Morgan fingerprint density at radius 2 is 2.27 bits per heavy atom. The van der Waals surface area contributed by atoms with Gasteiger partial charge in [-0.15, -0.1) is 0 Å². The molecule has 0 fully saturated rings. The Bertz CT molecular complexity index is 476. The van der Waals surface area contributed by atoms with E-state index in [1.807, 2.05) is 19.1 Å². The zero-order valence-electron chi connectivity index (χ0n) is 8.37. The van der Waals surface area contributed by atoms with Gasteiger partial charge in [0, 0.05) is 18.0 Å². The van der Waals surface area contributed by atoms with Crippen LogP contribution in [-0.2, 0) is 6.42 Å². The quantitative estimate of drug-likeness (QED) is 0.799. The van der Waals surface area contributed by atoms with Gasteiger partial charge in [0.2, 0.25) is 0 Å². The number of benzene rings is 1. The first-order valence-corrected chi connectivity index (χ1v) is 4.79. The average Bonchev–Trinajstić information content (AvgIpc) is 2.70. The minimum Gasteiger partial charge on any atom is -0.505 e.